The van der Waals surface area contributed by atoms with Gasteiger partial charge in [-0.25, -0.2) is 9.97 Å². The van der Waals surface area contributed by atoms with Crippen LogP contribution in [0.3, 0.4) is 0 Å². The second-order valence-corrected chi connectivity index (χ2v) is 1.67. The van der Waals surface area contributed by atoms with Crippen molar-refractivity contribution < 1.29 is 5.11 Å². The van der Waals surface area contributed by atoms with Gasteiger partial charge in [0.25, 0.3) is 0 Å². The summed E-state index contributed by atoms with van der Waals surface area (Å²) in [5, 5.41) is 15.8. The van der Waals surface area contributed by atoms with Crippen molar-refractivity contribution in [3.05, 3.63) is 18.2 Å². The number of hydrogen-bond acceptors (Lipinski definition) is 4. The molecule has 10 heavy (non-hydrogen) atoms. The minimum absolute atomic E-state index is 0.0648. The molecule has 0 radical (unpaired) electrons. The molecule has 0 aliphatic carbocycles. The number of nitrogen functional groups attached to an aromatic ring is 1. The van der Waals surface area contributed by atoms with Crippen LogP contribution in [-0.2, 0) is 0 Å². The fourth-order valence-corrected chi connectivity index (χ4v) is 0.530. The van der Waals surface area contributed by atoms with Crippen LogP contribution in [-0.4, -0.2) is 20.9 Å². The van der Waals surface area contributed by atoms with E-state index < -0.39 is 0 Å². The molecule has 0 fully saturated rings. The minimum Gasteiger partial charge on any atom is -0.504 e. The van der Waals surface area contributed by atoms with E-state index in [0.717, 1.165) is 0 Å². The number of aromatic nitrogens is 2. The van der Waals surface area contributed by atoms with Crippen LogP contribution in [0.2, 0.25) is 0 Å². The predicted octanol–water partition coefficient (Wildman–Crippen LogP) is -0.534. The summed E-state index contributed by atoms with van der Waals surface area (Å²) >= 11 is 0. The highest BCUT2D eigenvalue weighted by Crippen LogP contribution is 2.08. The average molecular weight is 138 g/mol. The molecule has 1 aromatic rings. The van der Waals surface area contributed by atoms with E-state index in [1.165, 1.54) is 12.5 Å². The molecule has 0 aromatic carbocycles. The van der Waals surface area contributed by atoms with Gasteiger partial charge in [0.1, 0.15) is 17.9 Å². The van der Waals surface area contributed by atoms with Crippen molar-refractivity contribution in [2.24, 2.45) is 5.73 Å². The number of rotatable bonds is 1. The Morgan fingerprint density at radius 3 is 2.80 bits per heavy atom. The first kappa shape index (κ1) is 6.47. The predicted molar refractivity (Wildman–Crippen MR) is 34.7 cm³/mol. The van der Waals surface area contributed by atoms with Crippen molar-refractivity contribution in [1.29, 1.82) is 5.41 Å². The van der Waals surface area contributed by atoms with Gasteiger partial charge in [0.2, 0.25) is 0 Å². The van der Waals surface area contributed by atoms with Gasteiger partial charge in [-0.2, -0.15) is 0 Å². The van der Waals surface area contributed by atoms with Crippen LogP contribution in [0.4, 0.5) is 0 Å². The highest BCUT2D eigenvalue weighted by molar-refractivity contribution is 5.95. The number of nitrogens with zero attached hydrogens (tertiary/aromatic N) is 2. The standard InChI is InChI=1S/C5H6N4O/c6-5(7)4-3(10)1-8-2-9-4/h1-2,10H,(H3,6,7). The van der Waals surface area contributed by atoms with Crippen molar-refractivity contribution in [3.8, 4) is 5.75 Å². The second kappa shape index (κ2) is 2.30. The molecule has 5 heteroatoms. The molecule has 0 atom stereocenters. The molecule has 4 N–H and O–H groups in total. The Kier molecular flexibility index (Phi) is 1.49. The van der Waals surface area contributed by atoms with E-state index in [-0.39, 0.29) is 17.3 Å². The van der Waals surface area contributed by atoms with Gasteiger partial charge in [-0.3, -0.25) is 5.41 Å². The molecule has 1 heterocycles. The molecule has 0 bridgehead atoms. The van der Waals surface area contributed by atoms with Crippen LogP contribution in [0.5, 0.6) is 5.75 Å². The molecule has 1 aromatic heterocycles. The Balaban J connectivity index is 3.15. The lowest BCUT2D eigenvalue weighted by Gasteiger charge is -1.96. The molecule has 0 saturated carbocycles. The topological polar surface area (TPSA) is 95.9 Å². The number of hydrogen-bond donors (Lipinski definition) is 3. The van der Waals surface area contributed by atoms with E-state index in [2.05, 4.69) is 9.97 Å². The van der Waals surface area contributed by atoms with Crippen molar-refractivity contribution in [1.82, 2.24) is 9.97 Å². The summed E-state index contributed by atoms with van der Waals surface area (Å²) in [5.41, 5.74) is 5.11. The maximum atomic E-state index is 8.94. The van der Waals surface area contributed by atoms with Gasteiger partial charge >= 0.3 is 0 Å². The molecule has 5 nitrogen and oxygen atoms in total. The summed E-state index contributed by atoms with van der Waals surface area (Å²) in [7, 11) is 0. The third-order valence-electron chi connectivity index (χ3n) is 0.948. The van der Waals surface area contributed by atoms with E-state index in [9.17, 15) is 0 Å². The van der Waals surface area contributed by atoms with Crippen molar-refractivity contribution in [2.45, 2.75) is 0 Å². The summed E-state index contributed by atoms with van der Waals surface area (Å²) in [4.78, 5) is 7.08. The summed E-state index contributed by atoms with van der Waals surface area (Å²) in [6.07, 6.45) is 2.40. The molecule has 0 amide bonds. The highest BCUT2D eigenvalue weighted by atomic mass is 16.3. The normalized spacial score (nSPS) is 9.20. The van der Waals surface area contributed by atoms with Crippen LogP contribution < -0.4 is 5.73 Å². The van der Waals surface area contributed by atoms with Crippen molar-refractivity contribution in [3.63, 3.8) is 0 Å². The lowest BCUT2D eigenvalue weighted by atomic mass is 10.3. The first-order valence-corrected chi connectivity index (χ1v) is 2.55. The molecule has 0 spiro atoms. The highest BCUT2D eigenvalue weighted by Gasteiger charge is 2.02. The first-order valence-electron chi connectivity index (χ1n) is 2.55. The maximum absolute atomic E-state index is 8.94. The summed E-state index contributed by atoms with van der Waals surface area (Å²) < 4.78 is 0. The van der Waals surface area contributed by atoms with Gasteiger partial charge in [0.05, 0.1) is 6.20 Å². The van der Waals surface area contributed by atoms with Gasteiger partial charge in [0, 0.05) is 0 Å². The minimum atomic E-state index is -0.264. The first-order chi connectivity index (χ1) is 4.72. The zero-order valence-electron chi connectivity index (χ0n) is 5.07. The Bertz CT molecular complexity index is 260. The summed E-state index contributed by atoms with van der Waals surface area (Å²) in [6.45, 7) is 0. The lowest BCUT2D eigenvalue weighted by Crippen LogP contribution is -2.13. The quantitative estimate of drug-likeness (QED) is 0.359. The molecular formula is C5H6N4O. The molecule has 0 unspecified atom stereocenters. The monoisotopic (exact) mass is 138 g/mol. The summed E-state index contributed by atoms with van der Waals surface area (Å²) in [5.74, 6) is -0.435. The molecule has 52 valence electrons. The zero-order chi connectivity index (χ0) is 7.56. The number of aromatic hydroxyl groups is 1. The second-order valence-electron chi connectivity index (χ2n) is 1.67. The van der Waals surface area contributed by atoms with Gasteiger partial charge < -0.3 is 10.8 Å². The molecule has 0 aliphatic rings. The van der Waals surface area contributed by atoms with Crippen LogP contribution >= 0.6 is 0 Å². The van der Waals surface area contributed by atoms with Gasteiger partial charge in [0.15, 0.2) is 5.75 Å². The fraction of sp³-hybridized carbons (Fsp3) is 0. The van der Waals surface area contributed by atoms with E-state index in [1.807, 2.05) is 0 Å². The Hall–Kier alpha value is -1.65. The largest absolute Gasteiger partial charge is 0.504 e. The average Bonchev–Trinajstić information content (AvgIpc) is 1.88. The van der Waals surface area contributed by atoms with Gasteiger partial charge in [-0.1, -0.05) is 0 Å². The molecule has 0 saturated heterocycles. The number of nitrogens with two attached hydrogens (primary N) is 1. The van der Waals surface area contributed by atoms with E-state index in [4.69, 9.17) is 16.2 Å². The Labute approximate surface area is 57.1 Å². The SMILES string of the molecule is N=C(N)c1ncncc1O. The third kappa shape index (κ3) is 1.02. The number of amidine groups is 1. The van der Waals surface area contributed by atoms with Crippen LogP contribution in [0.1, 0.15) is 5.69 Å². The van der Waals surface area contributed by atoms with Crippen LogP contribution in [0, 0.1) is 5.41 Å². The van der Waals surface area contributed by atoms with E-state index in [0.29, 0.717) is 0 Å². The molecule has 1 rings (SSSR count). The van der Waals surface area contributed by atoms with Gasteiger partial charge in [-0.15, -0.1) is 0 Å². The maximum Gasteiger partial charge on any atom is 0.163 e. The molecule has 0 aliphatic heterocycles. The molecular weight excluding hydrogens is 132 g/mol. The van der Waals surface area contributed by atoms with E-state index in [1.54, 1.807) is 0 Å². The van der Waals surface area contributed by atoms with Crippen LogP contribution in [0.25, 0.3) is 0 Å². The Morgan fingerprint density at radius 2 is 2.40 bits per heavy atom. The van der Waals surface area contributed by atoms with Gasteiger partial charge in [-0.05, 0) is 0 Å². The number of nitrogens with one attached hydrogen (secondary N) is 1. The van der Waals surface area contributed by atoms with Crippen LogP contribution in [0.15, 0.2) is 12.5 Å². The van der Waals surface area contributed by atoms with E-state index >= 15 is 0 Å². The smallest absolute Gasteiger partial charge is 0.163 e. The summed E-state index contributed by atoms with van der Waals surface area (Å²) in [6, 6.07) is 0. The third-order valence-corrected chi connectivity index (χ3v) is 0.948. The lowest BCUT2D eigenvalue weighted by molar-refractivity contribution is 0.468. The van der Waals surface area contributed by atoms with Crippen molar-refractivity contribution in [2.75, 3.05) is 0 Å². The fourth-order valence-electron chi connectivity index (χ4n) is 0.530. The van der Waals surface area contributed by atoms with Crippen molar-refractivity contribution >= 4 is 5.84 Å². The Morgan fingerprint density at radius 1 is 1.70 bits per heavy atom. The zero-order valence-corrected chi connectivity index (χ0v) is 5.07.